The molecule has 0 radical (unpaired) electrons. The Balaban J connectivity index is 1.73. The quantitative estimate of drug-likeness (QED) is 0.830. The average molecular weight is 252 g/mol. The summed E-state index contributed by atoms with van der Waals surface area (Å²) in [5.41, 5.74) is 7.29. The molecular weight excluding hydrogens is 238 g/mol. The number of nitrogens with two attached hydrogens (primary N) is 1. The Morgan fingerprint density at radius 2 is 2.29 bits per heavy atom. The van der Waals surface area contributed by atoms with Gasteiger partial charge in [-0.05, 0) is 17.7 Å². The van der Waals surface area contributed by atoms with Crippen LogP contribution in [0, 0.1) is 0 Å². The number of ether oxygens (including phenoxy) is 1. The zero-order chi connectivity index (χ0) is 12.1. The SMILES string of the molecule is Nc1cnn(CCOCc2cccc(Cl)c2)c1. The van der Waals surface area contributed by atoms with Crippen molar-refractivity contribution in [3.8, 4) is 0 Å². The smallest absolute Gasteiger partial charge is 0.0719 e. The van der Waals surface area contributed by atoms with Crippen LogP contribution in [0.15, 0.2) is 36.7 Å². The molecule has 0 aliphatic carbocycles. The molecule has 1 heterocycles. The zero-order valence-electron chi connectivity index (χ0n) is 9.34. The van der Waals surface area contributed by atoms with Crippen molar-refractivity contribution in [2.75, 3.05) is 12.3 Å². The normalized spacial score (nSPS) is 10.6. The predicted molar refractivity (Wildman–Crippen MR) is 67.7 cm³/mol. The van der Waals surface area contributed by atoms with Gasteiger partial charge in [0.15, 0.2) is 0 Å². The van der Waals surface area contributed by atoms with E-state index in [9.17, 15) is 0 Å². The highest BCUT2D eigenvalue weighted by Gasteiger charge is 1.96. The lowest BCUT2D eigenvalue weighted by Gasteiger charge is -2.05. The van der Waals surface area contributed by atoms with Crippen LogP contribution in [0.4, 0.5) is 5.69 Å². The van der Waals surface area contributed by atoms with E-state index >= 15 is 0 Å². The first-order valence-corrected chi connectivity index (χ1v) is 5.72. The fraction of sp³-hybridized carbons (Fsp3) is 0.250. The molecule has 0 amide bonds. The molecule has 1 aromatic carbocycles. The van der Waals surface area contributed by atoms with Crippen LogP contribution in [0.3, 0.4) is 0 Å². The topological polar surface area (TPSA) is 53.1 Å². The molecule has 4 nitrogen and oxygen atoms in total. The highest BCUT2D eigenvalue weighted by molar-refractivity contribution is 6.30. The molecule has 5 heteroatoms. The van der Waals surface area contributed by atoms with Crippen molar-refractivity contribution in [1.82, 2.24) is 9.78 Å². The minimum atomic E-state index is 0.553. The molecule has 17 heavy (non-hydrogen) atoms. The van der Waals surface area contributed by atoms with E-state index in [-0.39, 0.29) is 0 Å². The van der Waals surface area contributed by atoms with Gasteiger partial charge in [-0.25, -0.2) is 0 Å². The molecule has 0 atom stereocenters. The number of rotatable bonds is 5. The van der Waals surface area contributed by atoms with Gasteiger partial charge in [0.2, 0.25) is 0 Å². The third-order valence-electron chi connectivity index (χ3n) is 2.28. The summed E-state index contributed by atoms with van der Waals surface area (Å²) in [5, 5.41) is 4.79. The van der Waals surface area contributed by atoms with Crippen molar-refractivity contribution in [3.63, 3.8) is 0 Å². The molecule has 2 aromatic rings. The van der Waals surface area contributed by atoms with Gasteiger partial charge in [-0.1, -0.05) is 23.7 Å². The maximum absolute atomic E-state index is 5.87. The fourth-order valence-corrected chi connectivity index (χ4v) is 1.69. The number of benzene rings is 1. The van der Waals surface area contributed by atoms with Crippen LogP contribution in [-0.2, 0) is 17.9 Å². The average Bonchev–Trinajstić information content (AvgIpc) is 2.71. The van der Waals surface area contributed by atoms with Crippen LogP contribution in [0.1, 0.15) is 5.56 Å². The van der Waals surface area contributed by atoms with Crippen molar-refractivity contribution >= 4 is 17.3 Å². The standard InChI is InChI=1S/C12H14ClN3O/c13-11-3-1-2-10(6-11)9-17-5-4-16-8-12(14)7-15-16/h1-3,6-8H,4-5,9,14H2. The minimum Gasteiger partial charge on any atom is -0.396 e. The number of hydrogen-bond acceptors (Lipinski definition) is 3. The lowest BCUT2D eigenvalue weighted by Crippen LogP contribution is -2.06. The molecule has 0 unspecified atom stereocenters. The molecule has 0 fully saturated rings. The van der Waals surface area contributed by atoms with Crippen LogP contribution in [0.5, 0.6) is 0 Å². The maximum Gasteiger partial charge on any atom is 0.0719 e. The van der Waals surface area contributed by atoms with Crippen LogP contribution >= 0.6 is 11.6 Å². The highest BCUT2D eigenvalue weighted by atomic mass is 35.5. The van der Waals surface area contributed by atoms with Gasteiger partial charge in [-0.3, -0.25) is 4.68 Å². The molecule has 2 N–H and O–H groups in total. The number of nitrogens with zero attached hydrogens (tertiary/aromatic N) is 2. The van der Waals surface area contributed by atoms with Crippen LogP contribution in [0.25, 0.3) is 0 Å². The van der Waals surface area contributed by atoms with E-state index in [0.29, 0.717) is 25.4 Å². The zero-order valence-corrected chi connectivity index (χ0v) is 10.1. The van der Waals surface area contributed by atoms with Crippen molar-refractivity contribution in [1.29, 1.82) is 0 Å². The number of aromatic nitrogens is 2. The predicted octanol–water partition coefficient (Wildman–Crippen LogP) is 2.34. The molecule has 0 bridgehead atoms. The second-order valence-corrected chi connectivity index (χ2v) is 4.16. The third-order valence-corrected chi connectivity index (χ3v) is 2.51. The van der Waals surface area contributed by atoms with Crippen LogP contribution in [-0.4, -0.2) is 16.4 Å². The molecule has 0 saturated heterocycles. The summed E-state index contributed by atoms with van der Waals surface area (Å²) in [6.07, 6.45) is 3.40. The summed E-state index contributed by atoms with van der Waals surface area (Å²) in [4.78, 5) is 0. The van der Waals surface area contributed by atoms with Gasteiger partial charge in [0.1, 0.15) is 0 Å². The molecule has 0 spiro atoms. The minimum absolute atomic E-state index is 0.553. The molecule has 0 aliphatic rings. The van der Waals surface area contributed by atoms with Gasteiger partial charge < -0.3 is 10.5 Å². The Morgan fingerprint density at radius 1 is 1.41 bits per heavy atom. The van der Waals surface area contributed by atoms with E-state index in [1.165, 1.54) is 0 Å². The lowest BCUT2D eigenvalue weighted by molar-refractivity contribution is 0.111. The summed E-state index contributed by atoms with van der Waals surface area (Å²) < 4.78 is 7.28. The van der Waals surface area contributed by atoms with Gasteiger partial charge in [0, 0.05) is 11.2 Å². The van der Waals surface area contributed by atoms with Crippen molar-refractivity contribution in [3.05, 3.63) is 47.2 Å². The van der Waals surface area contributed by atoms with E-state index in [0.717, 1.165) is 10.6 Å². The second-order valence-electron chi connectivity index (χ2n) is 3.72. The summed E-state index contributed by atoms with van der Waals surface area (Å²) in [6, 6.07) is 7.64. The first kappa shape index (κ1) is 12.0. The van der Waals surface area contributed by atoms with E-state index in [1.807, 2.05) is 24.3 Å². The Labute approximate surface area is 105 Å². The molecule has 2 rings (SSSR count). The van der Waals surface area contributed by atoms with E-state index in [4.69, 9.17) is 22.1 Å². The number of anilines is 1. The summed E-state index contributed by atoms with van der Waals surface area (Å²) in [6.45, 7) is 1.84. The van der Waals surface area contributed by atoms with Gasteiger partial charge in [0.25, 0.3) is 0 Å². The van der Waals surface area contributed by atoms with Crippen molar-refractivity contribution < 1.29 is 4.74 Å². The van der Waals surface area contributed by atoms with Gasteiger partial charge in [0.05, 0.1) is 31.6 Å². The third kappa shape index (κ3) is 3.76. The molecule has 1 aromatic heterocycles. The first-order chi connectivity index (χ1) is 8.24. The monoisotopic (exact) mass is 251 g/mol. The number of halogens is 1. The van der Waals surface area contributed by atoms with E-state index in [2.05, 4.69) is 5.10 Å². The van der Waals surface area contributed by atoms with E-state index < -0.39 is 0 Å². The number of hydrogen-bond donors (Lipinski definition) is 1. The van der Waals surface area contributed by atoms with Crippen LogP contribution in [0.2, 0.25) is 5.02 Å². The molecule has 0 aliphatic heterocycles. The van der Waals surface area contributed by atoms with Crippen molar-refractivity contribution in [2.45, 2.75) is 13.2 Å². The van der Waals surface area contributed by atoms with Gasteiger partial charge in [-0.15, -0.1) is 0 Å². The van der Waals surface area contributed by atoms with Gasteiger partial charge >= 0.3 is 0 Å². The highest BCUT2D eigenvalue weighted by Crippen LogP contribution is 2.11. The summed E-state index contributed by atoms with van der Waals surface area (Å²) >= 11 is 5.87. The van der Waals surface area contributed by atoms with Gasteiger partial charge in [-0.2, -0.15) is 5.10 Å². The molecule has 0 saturated carbocycles. The largest absolute Gasteiger partial charge is 0.396 e. The number of nitrogen functional groups attached to an aromatic ring is 1. The lowest BCUT2D eigenvalue weighted by atomic mass is 10.2. The fourth-order valence-electron chi connectivity index (χ4n) is 1.48. The van der Waals surface area contributed by atoms with Crippen LogP contribution < -0.4 is 5.73 Å². The van der Waals surface area contributed by atoms with Crippen molar-refractivity contribution in [2.24, 2.45) is 0 Å². The molecule has 90 valence electrons. The molecular formula is C12H14ClN3O. The summed E-state index contributed by atoms with van der Waals surface area (Å²) in [5.74, 6) is 0. The Kier molecular flexibility index (Phi) is 4.01. The second kappa shape index (κ2) is 5.70. The first-order valence-electron chi connectivity index (χ1n) is 5.34. The Hall–Kier alpha value is -1.52. The Morgan fingerprint density at radius 3 is 3.00 bits per heavy atom. The van der Waals surface area contributed by atoms with E-state index in [1.54, 1.807) is 17.1 Å². The summed E-state index contributed by atoms with van der Waals surface area (Å²) in [7, 11) is 0. The Bertz CT molecular complexity index is 484. The maximum atomic E-state index is 5.87.